The molecular weight excluding hydrogens is 382 g/mol. The predicted molar refractivity (Wildman–Crippen MR) is 101 cm³/mol. The number of urea groups is 1. The van der Waals surface area contributed by atoms with Gasteiger partial charge in [0.25, 0.3) is 5.91 Å². The van der Waals surface area contributed by atoms with Gasteiger partial charge in [-0.15, -0.1) is 11.3 Å². The largest absolute Gasteiger partial charge is 0.378 e. The molecule has 4 amide bonds. The van der Waals surface area contributed by atoms with Gasteiger partial charge < -0.3 is 15.0 Å². The molecule has 0 unspecified atom stereocenters. The second-order valence-corrected chi connectivity index (χ2v) is 8.64. The van der Waals surface area contributed by atoms with E-state index in [1.54, 1.807) is 17.0 Å². The number of morpholine rings is 1. The highest BCUT2D eigenvalue weighted by Gasteiger charge is 2.52. The Morgan fingerprint density at radius 3 is 2.57 bits per heavy atom. The Bertz CT molecular complexity index is 808. The molecule has 9 heteroatoms. The lowest BCUT2D eigenvalue weighted by atomic mass is 9.98. The maximum Gasteiger partial charge on any atom is 0.325 e. The number of ether oxygens (including phenoxy) is 1. The van der Waals surface area contributed by atoms with Crippen LogP contribution < -0.4 is 5.32 Å². The van der Waals surface area contributed by atoms with E-state index in [2.05, 4.69) is 5.32 Å². The van der Waals surface area contributed by atoms with Crippen LogP contribution in [0.3, 0.4) is 0 Å². The number of nitrogens with one attached hydrogen (secondary N) is 1. The molecule has 4 rings (SSSR count). The van der Waals surface area contributed by atoms with Crippen molar-refractivity contribution < 1.29 is 23.9 Å². The van der Waals surface area contributed by atoms with E-state index in [1.165, 1.54) is 11.3 Å². The minimum absolute atomic E-state index is 0.0152. The molecule has 1 N–H and O–H groups in total. The number of nitrogens with zero attached hydrogens (tertiary/aromatic N) is 2. The fourth-order valence-corrected chi connectivity index (χ4v) is 4.98. The number of Topliss-reactive ketones (excluding diaryl/α,β-unsaturated/α-hetero) is 1. The van der Waals surface area contributed by atoms with Crippen LogP contribution in [0.1, 0.15) is 40.2 Å². The number of carbonyl (C=O) groups excluding carboxylic acids is 4. The van der Waals surface area contributed by atoms with Crippen molar-refractivity contribution in [3.05, 3.63) is 21.9 Å². The predicted octanol–water partition coefficient (Wildman–Crippen LogP) is 1.20. The fourth-order valence-electron chi connectivity index (χ4n) is 4.06. The summed E-state index contributed by atoms with van der Waals surface area (Å²) in [7, 11) is 0. The van der Waals surface area contributed by atoms with Crippen molar-refractivity contribution in [2.75, 3.05) is 32.8 Å². The Labute approximate surface area is 166 Å². The fraction of sp³-hybridized carbons (Fsp3) is 0.579. The molecular formula is C19H23N3O5S. The molecule has 150 valence electrons. The van der Waals surface area contributed by atoms with E-state index in [0.717, 1.165) is 22.6 Å². The summed E-state index contributed by atoms with van der Waals surface area (Å²) in [4.78, 5) is 53.9. The first-order valence-corrected chi connectivity index (χ1v) is 10.4. The standard InChI is InChI=1S/C19H23N3O5S/c23-14(12-22-17(25)19(20-18(22)26)5-1-2-6-19)15-4-3-13(28-15)11-16(24)21-7-9-27-10-8-21/h3-4H,1-2,5-12H2,(H,20,26). The first-order chi connectivity index (χ1) is 13.5. The van der Waals surface area contributed by atoms with Crippen LogP contribution in [-0.2, 0) is 20.7 Å². The van der Waals surface area contributed by atoms with Gasteiger partial charge in [-0.05, 0) is 25.0 Å². The maximum atomic E-state index is 12.7. The summed E-state index contributed by atoms with van der Waals surface area (Å²) in [6, 6.07) is 2.94. The van der Waals surface area contributed by atoms with E-state index >= 15 is 0 Å². The Kier molecular flexibility index (Phi) is 5.20. The number of imide groups is 1. The minimum atomic E-state index is -0.803. The van der Waals surface area contributed by atoms with E-state index in [9.17, 15) is 19.2 Å². The van der Waals surface area contributed by atoms with Gasteiger partial charge in [-0.2, -0.15) is 0 Å². The third-order valence-corrected chi connectivity index (χ3v) is 6.76. The van der Waals surface area contributed by atoms with E-state index in [-0.39, 0.29) is 30.6 Å². The van der Waals surface area contributed by atoms with Gasteiger partial charge in [-0.1, -0.05) is 12.8 Å². The number of rotatable bonds is 5. The number of carbonyl (C=O) groups is 4. The molecule has 1 saturated carbocycles. The summed E-state index contributed by atoms with van der Waals surface area (Å²) in [5, 5.41) is 2.78. The minimum Gasteiger partial charge on any atom is -0.378 e. The summed E-state index contributed by atoms with van der Waals surface area (Å²) in [5.41, 5.74) is -0.803. The summed E-state index contributed by atoms with van der Waals surface area (Å²) in [6.07, 6.45) is 3.31. The van der Waals surface area contributed by atoms with E-state index in [4.69, 9.17) is 4.74 Å². The first-order valence-electron chi connectivity index (χ1n) is 9.60. The van der Waals surface area contributed by atoms with Crippen molar-refractivity contribution in [1.29, 1.82) is 0 Å². The Balaban J connectivity index is 1.37. The third-order valence-electron chi connectivity index (χ3n) is 5.63. The average molecular weight is 405 g/mol. The molecule has 0 atom stereocenters. The van der Waals surface area contributed by atoms with Crippen molar-refractivity contribution in [3.63, 3.8) is 0 Å². The van der Waals surface area contributed by atoms with Crippen molar-refractivity contribution >= 4 is 35.0 Å². The van der Waals surface area contributed by atoms with Gasteiger partial charge in [0.15, 0.2) is 5.78 Å². The first kappa shape index (κ1) is 19.1. The highest BCUT2D eigenvalue weighted by atomic mass is 32.1. The molecule has 28 heavy (non-hydrogen) atoms. The van der Waals surface area contributed by atoms with Crippen molar-refractivity contribution in [1.82, 2.24) is 15.1 Å². The zero-order chi connectivity index (χ0) is 19.7. The average Bonchev–Trinajstić information content (AvgIpc) is 3.40. The van der Waals surface area contributed by atoms with Gasteiger partial charge in [-0.25, -0.2) is 4.79 Å². The molecule has 0 radical (unpaired) electrons. The second kappa shape index (κ2) is 7.63. The lowest BCUT2D eigenvalue weighted by molar-refractivity contribution is -0.134. The lowest BCUT2D eigenvalue weighted by Crippen LogP contribution is -2.44. The monoisotopic (exact) mass is 405 g/mol. The number of amides is 4. The SMILES string of the molecule is O=C(CN1C(=O)NC2(CCCC2)C1=O)c1ccc(CC(=O)N2CCOCC2)s1. The highest BCUT2D eigenvalue weighted by Crippen LogP contribution is 2.35. The third kappa shape index (κ3) is 3.56. The number of hydrogen-bond acceptors (Lipinski definition) is 6. The van der Waals surface area contributed by atoms with Crippen LogP contribution in [0.4, 0.5) is 4.79 Å². The Morgan fingerprint density at radius 2 is 1.86 bits per heavy atom. The topological polar surface area (TPSA) is 96.0 Å². The van der Waals surface area contributed by atoms with Gasteiger partial charge in [0.05, 0.1) is 31.1 Å². The van der Waals surface area contributed by atoms with Crippen LogP contribution in [0.25, 0.3) is 0 Å². The van der Waals surface area contributed by atoms with Crippen LogP contribution in [0.2, 0.25) is 0 Å². The number of ketones is 1. The molecule has 1 aromatic rings. The lowest BCUT2D eigenvalue weighted by Gasteiger charge is -2.26. The normalized spacial score (nSPS) is 21.4. The smallest absolute Gasteiger partial charge is 0.325 e. The van der Waals surface area contributed by atoms with Gasteiger partial charge in [0.2, 0.25) is 5.91 Å². The maximum absolute atomic E-state index is 12.7. The van der Waals surface area contributed by atoms with Crippen LogP contribution in [-0.4, -0.2) is 71.8 Å². The zero-order valence-electron chi connectivity index (χ0n) is 15.6. The molecule has 0 aromatic carbocycles. The van der Waals surface area contributed by atoms with E-state index < -0.39 is 11.6 Å². The molecule has 1 aliphatic carbocycles. The van der Waals surface area contributed by atoms with Crippen LogP contribution in [0, 0.1) is 0 Å². The molecule has 0 bridgehead atoms. The molecule has 8 nitrogen and oxygen atoms in total. The van der Waals surface area contributed by atoms with Crippen LogP contribution >= 0.6 is 11.3 Å². The summed E-state index contributed by atoms with van der Waals surface area (Å²) < 4.78 is 5.25. The van der Waals surface area contributed by atoms with Crippen molar-refractivity contribution in [2.45, 2.75) is 37.6 Å². The van der Waals surface area contributed by atoms with Gasteiger partial charge in [0.1, 0.15) is 5.54 Å². The van der Waals surface area contributed by atoms with Crippen LogP contribution in [0.15, 0.2) is 12.1 Å². The molecule has 3 fully saturated rings. The number of thiophene rings is 1. The second-order valence-electron chi connectivity index (χ2n) is 7.47. The van der Waals surface area contributed by atoms with Crippen molar-refractivity contribution in [3.8, 4) is 0 Å². The molecule has 1 spiro atoms. The molecule has 1 aromatic heterocycles. The Hall–Kier alpha value is -2.26. The molecule has 3 aliphatic rings. The Morgan fingerprint density at radius 1 is 1.14 bits per heavy atom. The summed E-state index contributed by atoms with van der Waals surface area (Å²) in [5.74, 6) is -0.558. The number of hydrogen-bond donors (Lipinski definition) is 1. The van der Waals surface area contributed by atoms with E-state index in [0.29, 0.717) is 44.0 Å². The zero-order valence-corrected chi connectivity index (χ0v) is 16.4. The highest BCUT2D eigenvalue weighted by molar-refractivity contribution is 7.14. The van der Waals surface area contributed by atoms with E-state index in [1.807, 2.05) is 0 Å². The molecule has 2 aliphatic heterocycles. The molecule has 3 heterocycles. The van der Waals surface area contributed by atoms with Crippen LogP contribution in [0.5, 0.6) is 0 Å². The summed E-state index contributed by atoms with van der Waals surface area (Å²) >= 11 is 1.24. The quantitative estimate of drug-likeness (QED) is 0.587. The van der Waals surface area contributed by atoms with Crippen molar-refractivity contribution in [2.24, 2.45) is 0 Å². The van der Waals surface area contributed by atoms with Gasteiger partial charge in [0, 0.05) is 18.0 Å². The van der Waals surface area contributed by atoms with Gasteiger partial charge in [-0.3, -0.25) is 19.3 Å². The molecule has 2 saturated heterocycles. The summed E-state index contributed by atoms with van der Waals surface area (Å²) in [6.45, 7) is 2.01. The van der Waals surface area contributed by atoms with Gasteiger partial charge >= 0.3 is 6.03 Å².